The van der Waals surface area contributed by atoms with Gasteiger partial charge in [0.15, 0.2) is 0 Å². The van der Waals surface area contributed by atoms with Crippen LogP contribution in [0.15, 0.2) is 48.9 Å². The largest absolute Gasteiger partial charge is 0.508 e. The number of aromatic hydroxyl groups is 2. The lowest BCUT2D eigenvalue weighted by molar-refractivity contribution is -0.119. The predicted octanol–water partition coefficient (Wildman–Crippen LogP) is 3.95. The van der Waals surface area contributed by atoms with Crippen LogP contribution in [0.4, 0.5) is 5.69 Å². The van der Waals surface area contributed by atoms with Gasteiger partial charge in [-0.25, -0.2) is 5.43 Å². The molecule has 4 N–H and O–H groups in total. The number of amides is 1. The molecule has 6 nitrogen and oxygen atoms in total. The number of nitrogens with zero attached hydrogens (tertiary/aromatic N) is 1. The van der Waals surface area contributed by atoms with E-state index in [2.05, 4.69) is 63.6 Å². The van der Waals surface area contributed by atoms with E-state index in [0.717, 1.165) is 19.1 Å². The van der Waals surface area contributed by atoms with E-state index in [1.807, 2.05) is 12.1 Å². The third-order valence-electron chi connectivity index (χ3n) is 2.84. The van der Waals surface area contributed by atoms with Gasteiger partial charge in [0.1, 0.15) is 11.5 Å². The Morgan fingerprint density at radius 2 is 1.79 bits per heavy atom. The van der Waals surface area contributed by atoms with E-state index < -0.39 is 0 Å². The molecule has 0 spiro atoms. The van der Waals surface area contributed by atoms with Gasteiger partial charge in [-0.15, -0.1) is 0 Å². The molecule has 2 rings (SSSR count). The topological polar surface area (TPSA) is 94.0 Å². The van der Waals surface area contributed by atoms with Gasteiger partial charge in [-0.05, 0) is 56.1 Å². The minimum absolute atomic E-state index is 0.0116. The lowest BCUT2D eigenvalue weighted by Crippen LogP contribution is -2.26. The Labute approximate surface area is 163 Å². The normalized spacial score (nSPS) is 10.8. The molecule has 0 aliphatic rings. The molecule has 0 aliphatic carbocycles. The molecule has 0 unspecified atom stereocenters. The fraction of sp³-hybridized carbons (Fsp3) is 0.0667. The summed E-state index contributed by atoms with van der Waals surface area (Å²) < 4.78 is 2.50. The van der Waals surface area contributed by atoms with E-state index in [1.54, 1.807) is 0 Å². The second-order valence-electron chi connectivity index (χ2n) is 4.63. The van der Waals surface area contributed by atoms with Crippen molar-refractivity contribution in [2.45, 2.75) is 0 Å². The maximum absolute atomic E-state index is 11.8. The number of nitrogens with one attached hydrogen (secondary N) is 2. The lowest BCUT2D eigenvalue weighted by atomic mass is 10.2. The van der Waals surface area contributed by atoms with Crippen molar-refractivity contribution in [1.82, 2.24) is 5.43 Å². The Balaban J connectivity index is 1.91. The molecule has 0 aliphatic heterocycles. The molecule has 0 radical (unpaired) electrons. The maximum atomic E-state index is 11.8. The first kappa shape index (κ1) is 18.8. The number of carbonyl (C=O) groups excluding carboxylic acids is 1. The van der Waals surface area contributed by atoms with Gasteiger partial charge in [-0.2, -0.15) is 5.10 Å². The molecule has 0 bridgehead atoms. The van der Waals surface area contributed by atoms with Crippen molar-refractivity contribution in [3.8, 4) is 11.5 Å². The SMILES string of the molecule is O=C(CNc1c(Br)cc(Br)cc1Br)N/N=C\c1ccc(O)cc1O. The highest BCUT2D eigenvalue weighted by atomic mass is 79.9. The molecule has 0 aromatic heterocycles. The highest BCUT2D eigenvalue weighted by molar-refractivity contribution is 9.11. The molecule has 2 aromatic rings. The van der Waals surface area contributed by atoms with E-state index >= 15 is 0 Å². The summed E-state index contributed by atoms with van der Waals surface area (Å²) in [5.74, 6) is -0.538. The number of anilines is 1. The first-order valence-corrected chi connectivity index (χ1v) is 8.97. The zero-order valence-electron chi connectivity index (χ0n) is 12.1. The molecular formula is C15H12Br3N3O3. The Kier molecular flexibility index (Phi) is 6.64. The van der Waals surface area contributed by atoms with Crippen molar-refractivity contribution in [3.63, 3.8) is 0 Å². The van der Waals surface area contributed by atoms with Crippen molar-refractivity contribution in [2.24, 2.45) is 5.10 Å². The second-order valence-corrected chi connectivity index (χ2v) is 7.26. The number of hydrazone groups is 1. The van der Waals surface area contributed by atoms with Crippen LogP contribution in [0.5, 0.6) is 11.5 Å². The third-order valence-corrected chi connectivity index (χ3v) is 4.55. The summed E-state index contributed by atoms with van der Waals surface area (Å²) in [6.45, 7) is 0.0116. The van der Waals surface area contributed by atoms with Crippen LogP contribution in [0.25, 0.3) is 0 Å². The number of phenols is 2. The summed E-state index contributed by atoms with van der Waals surface area (Å²) in [7, 11) is 0. The summed E-state index contributed by atoms with van der Waals surface area (Å²) in [6, 6.07) is 7.79. The third kappa shape index (κ3) is 5.22. The number of phenolic OH excluding ortho intramolecular Hbond substituents is 2. The van der Waals surface area contributed by atoms with Crippen LogP contribution >= 0.6 is 47.8 Å². The summed E-state index contributed by atoms with van der Waals surface area (Å²) >= 11 is 10.2. The van der Waals surface area contributed by atoms with E-state index in [1.165, 1.54) is 24.4 Å². The monoisotopic (exact) mass is 519 g/mol. The first-order chi connectivity index (χ1) is 11.4. The molecule has 126 valence electrons. The average Bonchev–Trinajstić information content (AvgIpc) is 2.48. The number of hydrogen-bond acceptors (Lipinski definition) is 5. The van der Waals surface area contributed by atoms with Gasteiger partial charge < -0.3 is 15.5 Å². The van der Waals surface area contributed by atoms with Crippen LogP contribution < -0.4 is 10.7 Å². The molecule has 2 aromatic carbocycles. The Bertz CT molecular complexity index is 774. The quantitative estimate of drug-likeness (QED) is 0.354. The van der Waals surface area contributed by atoms with E-state index in [9.17, 15) is 15.0 Å². The van der Waals surface area contributed by atoms with Gasteiger partial charge in [0.25, 0.3) is 5.91 Å². The standard InChI is InChI=1S/C15H12Br3N3O3/c16-9-3-11(17)15(12(18)4-9)19-7-14(24)21-20-6-8-1-2-10(22)5-13(8)23/h1-6,19,22-23H,7H2,(H,21,24)/b20-6-. The number of rotatable bonds is 5. The second kappa shape index (κ2) is 8.50. The molecular weight excluding hydrogens is 510 g/mol. The van der Waals surface area contributed by atoms with Crippen molar-refractivity contribution in [2.75, 3.05) is 11.9 Å². The van der Waals surface area contributed by atoms with Gasteiger partial charge in [-0.3, -0.25) is 4.79 Å². The van der Waals surface area contributed by atoms with Gasteiger partial charge in [0.05, 0.1) is 18.4 Å². The molecule has 24 heavy (non-hydrogen) atoms. The van der Waals surface area contributed by atoms with Crippen LogP contribution in [-0.2, 0) is 4.79 Å². The zero-order valence-corrected chi connectivity index (χ0v) is 16.8. The first-order valence-electron chi connectivity index (χ1n) is 6.59. The van der Waals surface area contributed by atoms with Gasteiger partial charge in [0, 0.05) is 25.0 Å². The van der Waals surface area contributed by atoms with Crippen LogP contribution in [0.1, 0.15) is 5.56 Å². The number of halogens is 3. The lowest BCUT2D eigenvalue weighted by Gasteiger charge is -2.10. The molecule has 9 heteroatoms. The van der Waals surface area contributed by atoms with E-state index in [4.69, 9.17) is 0 Å². The molecule has 1 amide bonds. The molecule has 0 heterocycles. The summed E-state index contributed by atoms with van der Waals surface area (Å²) in [4.78, 5) is 11.8. The van der Waals surface area contributed by atoms with E-state index in [-0.39, 0.29) is 24.0 Å². The van der Waals surface area contributed by atoms with E-state index in [0.29, 0.717) is 5.56 Å². The average molecular weight is 522 g/mol. The Morgan fingerprint density at radius 1 is 1.12 bits per heavy atom. The number of carbonyl (C=O) groups is 1. The van der Waals surface area contributed by atoms with Crippen LogP contribution in [0.3, 0.4) is 0 Å². The van der Waals surface area contributed by atoms with Crippen molar-refractivity contribution < 1.29 is 15.0 Å². The molecule has 0 saturated heterocycles. The minimum atomic E-state index is -0.355. The van der Waals surface area contributed by atoms with Crippen molar-refractivity contribution in [1.29, 1.82) is 0 Å². The summed E-state index contributed by atoms with van der Waals surface area (Å²) in [5, 5.41) is 25.6. The van der Waals surface area contributed by atoms with Crippen LogP contribution in [-0.4, -0.2) is 28.9 Å². The summed E-state index contributed by atoms with van der Waals surface area (Å²) in [5.41, 5.74) is 3.47. The predicted molar refractivity (Wildman–Crippen MR) is 104 cm³/mol. The van der Waals surface area contributed by atoms with Gasteiger partial charge in [-0.1, -0.05) is 15.9 Å². The van der Waals surface area contributed by atoms with Gasteiger partial charge >= 0.3 is 0 Å². The van der Waals surface area contributed by atoms with Gasteiger partial charge in [0.2, 0.25) is 0 Å². The Morgan fingerprint density at radius 3 is 2.42 bits per heavy atom. The maximum Gasteiger partial charge on any atom is 0.259 e. The fourth-order valence-corrected chi connectivity index (χ4v) is 4.27. The smallest absolute Gasteiger partial charge is 0.259 e. The number of benzene rings is 2. The minimum Gasteiger partial charge on any atom is -0.508 e. The molecule has 0 saturated carbocycles. The van der Waals surface area contributed by atoms with Crippen LogP contribution in [0, 0.1) is 0 Å². The summed E-state index contributed by atoms with van der Waals surface area (Å²) in [6.07, 6.45) is 1.29. The highest BCUT2D eigenvalue weighted by Crippen LogP contribution is 2.34. The van der Waals surface area contributed by atoms with Crippen molar-refractivity contribution >= 4 is 65.6 Å². The number of hydrogen-bond donors (Lipinski definition) is 4. The molecule has 0 fully saturated rings. The Hall–Kier alpha value is -1.58. The van der Waals surface area contributed by atoms with Crippen molar-refractivity contribution in [3.05, 3.63) is 49.3 Å². The zero-order chi connectivity index (χ0) is 17.7. The highest BCUT2D eigenvalue weighted by Gasteiger charge is 2.08. The molecule has 0 atom stereocenters. The fourth-order valence-electron chi connectivity index (χ4n) is 1.73. The van der Waals surface area contributed by atoms with Crippen LogP contribution in [0.2, 0.25) is 0 Å².